The normalized spacial score (nSPS) is 11.5. The van der Waals surface area contributed by atoms with Gasteiger partial charge in [0.15, 0.2) is 0 Å². The highest BCUT2D eigenvalue weighted by molar-refractivity contribution is 7.09. The molecule has 0 radical (unpaired) electrons. The number of benzene rings is 1. The zero-order valence-corrected chi connectivity index (χ0v) is 17.9. The molecule has 2 heterocycles. The highest BCUT2D eigenvalue weighted by Crippen LogP contribution is 2.15. The average Bonchev–Trinajstić information content (AvgIpc) is 3.44. The molecule has 0 aliphatic rings. The first-order valence-electron chi connectivity index (χ1n) is 9.72. The fraction of sp³-hybridized carbons (Fsp3) is 0.227. The number of allylic oxidation sites excluding steroid dienone is 1. The average molecular weight is 435 g/mol. The van der Waals surface area contributed by atoms with E-state index in [9.17, 15) is 9.59 Å². The number of aromatic amines is 1. The summed E-state index contributed by atoms with van der Waals surface area (Å²) in [7, 11) is 1.58. The van der Waals surface area contributed by atoms with E-state index in [0.29, 0.717) is 29.1 Å². The first kappa shape index (κ1) is 21.9. The van der Waals surface area contributed by atoms with Gasteiger partial charge in [-0.3, -0.25) is 19.7 Å². The summed E-state index contributed by atoms with van der Waals surface area (Å²) >= 11 is 1.61. The number of nitriles is 1. The number of carbonyl (C=O) groups is 1. The zero-order valence-electron chi connectivity index (χ0n) is 17.0. The van der Waals surface area contributed by atoms with Crippen LogP contribution < -0.4 is 10.9 Å². The maximum absolute atomic E-state index is 12.8. The van der Waals surface area contributed by atoms with Crippen LogP contribution in [0.5, 0.6) is 0 Å². The number of nitrogens with zero attached hydrogens (tertiary/aromatic N) is 4. The Morgan fingerprint density at radius 1 is 1.39 bits per heavy atom. The van der Waals surface area contributed by atoms with Crippen LogP contribution in [-0.2, 0) is 11.2 Å². The Kier molecular flexibility index (Phi) is 7.67. The summed E-state index contributed by atoms with van der Waals surface area (Å²) in [6, 6.07) is 8.83. The Bertz CT molecular complexity index is 1160. The van der Waals surface area contributed by atoms with Gasteiger partial charge in [-0.15, -0.1) is 11.3 Å². The van der Waals surface area contributed by atoms with Gasteiger partial charge in [0.2, 0.25) is 5.91 Å². The van der Waals surface area contributed by atoms with Gasteiger partial charge in [0.1, 0.15) is 5.84 Å². The molecule has 2 N–H and O–H groups in total. The molecular formula is C22H22N6O2S. The van der Waals surface area contributed by atoms with Gasteiger partial charge in [0, 0.05) is 44.2 Å². The minimum Gasteiger partial charge on any atom is -0.356 e. The van der Waals surface area contributed by atoms with Crippen molar-refractivity contribution in [3.05, 3.63) is 75.1 Å². The van der Waals surface area contributed by atoms with E-state index in [-0.39, 0.29) is 17.9 Å². The number of carbonyl (C=O) groups excluding carboxylic acids is 1. The van der Waals surface area contributed by atoms with E-state index in [2.05, 4.69) is 26.5 Å². The fourth-order valence-electron chi connectivity index (χ4n) is 2.91. The second-order valence-electron chi connectivity index (χ2n) is 6.58. The number of aliphatic imine (C=N–C) groups is 1. The molecule has 0 aliphatic heterocycles. The molecule has 31 heavy (non-hydrogen) atoms. The maximum atomic E-state index is 12.8. The van der Waals surface area contributed by atoms with Gasteiger partial charge >= 0.3 is 0 Å². The Morgan fingerprint density at radius 3 is 2.87 bits per heavy atom. The van der Waals surface area contributed by atoms with Crippen molar-refractivity contribution in [2.45, 2.75) is 19.3 Å². The van der Waals surface area contributed by atoms with Crippen LogP contribution in [0.2, 0.25) is 0 Å². The summed E-state index contributed by atoms with van der Waals surface area (Å²) in [6.45, 7) is 0.588. The predicted molar refractivity (Wildman–Crippen MR) is 121 cm³/mol. The maximum Gasteiger partial charge on any atom is 0.280 e. The van der Waals surface area contributed by atoms with E-state index in [1.165, 1.54) is 4.68 Å². The van der Waals surface area contributed by atoms with Gasteiger partial charge < -0.3 is 5.32 Å². The van der Waals surface area contributed by atoms with Crippen LogP contribution in [-0.4, -0.2) is 40.1 Å². The van der Waals surface area contributed by atoms with E-state index in [0.717, 1.165) is 17.8 Å². The molecular weight excluding hydrogens is 412 g/mol. The molecule has 0 spiro atoms. The van der Waals surface area contributed by atoms with Crippen LogP contribution in [0.15, 0.2) is 64.0 Å². The number of H-pyrrole nitrogens is 1. The van der Waals surface area contributed by atoms with Gasteiger partial charge in [-0.2, -0.15) is 5.26 Å². The number of rotatable bonds is 8. The van der Waals surface area contributed by atoms with E-state index >= 15 is 0 Å². The number of aryl methyl sites for hydroxylation is 1. The molecule has 0 fully saturated rings. The monoisotopic (exact) mass is 434 g/mol. The molecule has 3 aromatic rings. The number of thiazole rings is 1. The predicted octanol–water partition coefficient (Wildman–Crippen LogP) is 2.74. The number of hydrogen-bond acceptors (Lipinski definition) is 6. The second-order valence-corrected chi connectivity index (χ2v) is 7.56. The molecule has 9 heteroatoms. The summed E-state index contributed by atoms with van der Waals surface area (Å²) in [6.07, 6.45) is 8.55. The molecule has 0 aliphatic carbocycles. The van der Waals surface area contributed by atoms with Gasteiger partial charge in [0.25, 0.3) is 5.56 Å². The SMILES string of the molecule is CN=C(/C=C\CC(=O)NCCCc1nccs1)n1[nH]cc(-c2ccc(C#N)cc2)c1=O. The number of amides is 1. The second kappa shape index (κ2) is 10.8. The lowest BCUT2D eigenvalue weighted by atomic mass is 10.1. The van der Waals surface area contributed by atoms with Crippen molar-refractivity contribution in [3.8, 4) is 17.2 Å². The van der Waals surface area contributed by atoms with Crippen molar-refractivity contribution in [3.63, 3.8) is 0 Å². The summed E-state index contributed by atoms with van der Waals surface area (Å²) in [4.78, 5) is 33.1. The van der Waals surface area contributed by atoms with Crippen LogP contribution in [0.4, 0.5) is 0 Å². The lowest BCUT2D eigenvalue weighted by molar-refractivity contribution is -0.120. The Morgan fingerprint density at radius 2 is 2.19 bits per heavy atom. The number of aromatic nitrogens is 3. The van der Waals surface area contributed by atoms with Gasteiger partial charge in [-0.25, -0.2) is 9.67 Å². The van der Waals surface area contributed by atoms with Gasteiger partial charge in [-0.1, -0.05) is 18.2 Å². The van der Waals surface area contributed by atoms with Crippen molar-refractivity contribution in [1.82, 2.24) is 20.1 Å². The molecule has 0 unspecified atom stereocenters. The third kappa shape index (κ3) is 5.87. The Balaban J connectivity index is 1.55. The summed E-state index contributed by atoms with van der Waals surface area (Å²) < 4.78 is 1.32. The van der Waals surface area contributed by atoms with Crippen molar-refractivity contribution in [2.24, 2.45) is 4.99 Å². The molecule has 0 atom stereocenters. The summed E-state index contributed by atoms with van der Waals surface area (Å²) in [5, 5.41) is 17.7. The minimum absolute atomic E-state index is 0.0945. The highest BCUT2D eigenvalue weighted by Gasteiger charge is 2.11. The van der Waals surface area contributed by atoms with Crippen LogP contribution in [0.1, 0.15) is 23.4 Å². The van der Waals surface area contributed by atoms with Gasteiger partial charge in [0.05, 0.1) is 22.2 Å². The molecule has 0 bridgehead atoms. The third-order valence-electron chi connectivity index (χ3n) is 4.50. The van der Waals surface area contributed by atoms with Crippen molar-refractivity contribution < 1.29 is 4.79 Å². The standard InChI is InChI=1S/C22H22N6O2S/c1-24-19(4-2-5-20(29)25-11-3-6-21-26-12-13-31-21)28-22(30)18(15-27-28)17-9-7-16(14-23)8-10-17/h2,4,7-10,12-13,15,27H,3,5-6,11H2,1H3,(H,25,29)/b4-2-,24-19?. The lowest BCUT2D eigenvalue weighted by Crippen LogP contribution is -2.25. The van der Waals surface area contributed by atoms with Crippen LogP contribution >= 0.6 is 11.3 Å². The number of hydrogen-bond donors (Lipinski definition) is 2. The lowest BCUT2D eigenvalue weighted by Gasteiger charge is -2.03. The van der Waals surface area contributed by atoms with E-state index in [1.54, 1.807) is 67.2 Å². The number of nitrogens with one attached hydrogen (secondary N) is 2. The smallest absolute Gasteiger partial charge is 0.280 e. The minimum atomic E-state index is -0.262. The molecule has 0 saturated carbocycles. The summed E-state index contributed by atoms with van der Waals surface area (Å²) in [5.41, 5.74) is 1.44. The molecule has 158 valence electrons. The van der Waals surface area contributed by atoms with E-state index in [4.69, 9.17) is 5.26 Å². The molecule has 1 amide bonds. The van der Waals surface area contributed by atoms with Gasteiger partial charge in [-0.05, 0) is 30.2 Å². The van der Waals surface area contributed by atoms with Crippen molar-refractivity contribution in [1.29, 1.82) is 5.26 Å². The Labute approximate surface area is 183 Å². The molecule has 8 nitrogen and oxygen atoms in total. The van der Waals surface area contributed by atoms with Crippen molar-refractivity contribution in [2.75, 3.05) is 13.6 Å². The molecule has 3 rings (SSSR count). The summed E-state index contributed by atoms with van der Waals surface area (Å²) in [5.74, 6) is 0.296. The fourth-order valence-corrected chi connectivity index (χ4v) is 3.57. The quantitative estimate of drug-likeness (QED) is 0.322. The van der Waals surface area contributed by atoms with Crippen molar-refractivity contribution >= 4 is 23.1 Å². The molecule has 2 aromatic heterocycles. The van der Waals surface area contributed by atoms with Crippen LogP contribution in [0.25, 0.3) is 11.1 Å². The molecule has 1 aromatic carbocycles. The molecule has 0 saturated heterocycles. The third-order valence-corrected chi connectivity index (χ3v) is 5.34. The topological polar surface area (TPSA) is 116 Å². The highest BCUT2D eigenvalue weighted by atomic mass is 32.1. The Hall–Kier alpha value is -3.77. The van der Waals surface area contributed by atoms with E-state index in [1.807, 2.05) is 5.38 Å². The van der Waals surface area contributed by atoms with Crippen LogP contribution in [0, 0.1) is 11.3 Å². The first-order chi connectivity index (χ1) is 15.1. The van der Waals surface area contributed by atoms with Crippen LogP contribution in [0.3, 0.4) is 0 Å². The zero-order chi connectivity index (χ0) is 22.1. The largest absolute Gasteiger partial charge is 0.356 e. The van der Waals surface area contributed by atoms with E-state index < -0.39 is 0 Å². The first-order valence-corrected chi connectivity index (χ1v) is 10.6.